The summed E-state index contributed by atoms with van der Waals surface area (Å²) in [4.78, 5) is 20.9. The Balaban J connectivity index is 1.78. The summed E-state index contributed by atoms with van der Waals surface area (Å²) in [5.74, 6) is -0.144. The summed E-state index contributed by atoms with van der Waals surface area (Å²) >= 11 is 0. The first kappa shape index (κ1) is 23.7. The van der Waals surface area contributed by atoms with E-state index in [2.05, 4.69) is 25.7 Å². The van der Waals surface area contributed by atoms with Crippen molar-refractivity contribution in [3.8, 4) is 17.3 Å². The van der Waals surface area contributed by atoms with Gasteiger partial charge < -0.3 is 10.6 Å². The third-order valence-electron chi connectivity index (χ3n) is 4.91. The summed E-state index contributed by atoms with van der Waals surface area (Å²) < 4.78 is 39.5. The van der Waals surface area contributed by atoms with E-state index in [1.165, 1.54) is 12.4 Å². The Kier molecular flexibility index (Phi) is 7.61. The van der Waals surface area contributed by atoms with Crippen LogP contribution in [0.3, 0.4) is 0 Å². The number of carbonyl (C=O) groups excluding carboxylic acids is 1. The third kappa shape index (κ3) is 5.65. The van der Waals surface area contributed by atoms with E-state index < -0.39 is 25.2 Å². The first-order valence-corrected chi connectivity index (χ1v) is 10.2. The molecule has 172 valence electrons. The Labute approximate surface area is 188 Å². The number of rotatable bonds is 9. The van der Waals surface area contributed by atoms with Crippen LogP contribution >= 0.6 is 0 Å². The second-order valence-corrected chi connectivity index (χ2v) is 7.26. The molecule has 0 aliphatic carbocycles. The number of benzene rings is 1. The van der Waals surface area contributed by atoms with Crippen LogP contribution < -0.4 is 10.6 Å². The van der Waals surface area contributed by atoms with Gasteiger partial charge in [-0.05, 0) is 31.0 Å². The second kappa shape index (κ2) is 10.6. The highest BCUT2D eigenvalue weighted by Crippen LogP contribution is 2.24. The summed E-state index contributed by atoms with van der Waals surface area (Å²) in [6.07, 6.45) is 1.76. The lowest BCUT2D eigenvalue weighted by atomic mass is 10.1. The van der Waals surface area contributed by atoms with Gasteiger partial charge in [0.2, 0.25) is 5.95 Å². The molecule has 2 N–H and O–H groups in total. The minimum Gasteiger partial charge on any atom is -0.336 e. The highest BCUT2D eigenvalue weighted by molar-refractivity contribution is 5.95. The number of halogens is 3. The molecule has 11 heteroatoms. The van der Waals surface area contributed by atoms with Crippen molar-refractivity contribution in [3.63, 3.8) is 0 Å². The SMILES string of the molecule is CC[C@@H](C#N)NC(=O)c1ccc(-c2nc(Nc3cnn(C(CF)C(F)F)c3)ncc2C)cc1. The lowest BCUT2D eigenvalue weighted by Gasteiger charge is -2.12. The fourth-order valence-corrected chi connectivity index (χ4v) is 3.01. The van der Waals surface area contributed by atoms with Crippen LogP contribution in [0.1, 0.15) is 35.3 Å². The quantitative estimate of drug-likeness (QED) is 0.499. The zero-order valence-corrected chi connectivity index (χ0v) is 18.0. The number of nitriles is 1. The Morgan fingerprint density at radius 2 is 1.97 bits per heavy atom. The molecule has 1 amide bonds. The van der Waals surface area contributed by atoms with Crippen LogP contribution in [0.2, 0.25) is 0 Å². The van der Waals surface area contributed by atoms with Gasteiger partial charge in [0.05, 0.1) is 23.6 Å². The van der Waals surface area contributed by atoms with E-state index in [0.29, 0.717) is 23.4 Å². The molecule has 3 aromatic rings. The smallest absolute Gasteiger partial charge is 0.263 e. The number of amides is 1. The van der Waals surface area contributed by atoms with Gasteiger partial charge in [-0.2, -0.15) is 10.4 Å². The number of nitrogens with one attached hydrogen (secondary N) is 2. The summed E-state index contributed by atoms with van der Waals surface area (Å²) in [6, 6.07) is 6.53. The monoisotopic (exact) mass is 457 g/mol. The molecule has 0 saturated heterocycles. The molecule has 0 aliphatic heterocycles. The molecule has 2 heterocycles. The van der Waals surface area contributed by atoms with Gasteiger partial charge in [0.1, 0.15) is 18.8 Å². The number of anilines is 2. The van der Waals surface area contributed by atoms with Crippen molar-refractivity contribution in [1.29, 1.82) is 5.26 Å². The van der Waals surface area contributed by atoms with E-state index in [4.69, 9.17) is 5.26 Å². The summed E-state index contributed by atoms with van der Waals surface area (Å²) in [6.45, 7) is 2.39. The van der Waals surface area contributed by atoms with Crippen molar-refractivity contribution in [1.82, 2.24) is 25.1 Å². The standard InChI is InChI=1S/C22H22F3N7O/c1-3-16(9-26)29-21(33)15-6-4-14(5-7-15)19-13(2)10-27-22(31-19)30-17-11-28-32(12-17)18(8-23)20(24)25/h4-7,10-12,16,18,20H,3,8H2,1-2H3,(H,29,33)(H,27,30,31)/t16-,18?/m0/s1. The van der Waals surface area contributed by atoms with Crippen molar-refractivity contribution in [3.05, 3.63) is 54.0 Å². The van der Waals surface area contributed by atoms with E-state index >= 15 is 0 Å². The van der Waals surface area contributed by atoms with Gasteiger partial charge >= 0.3 is 0 Å². The van der Waals surface area contributed by atoms with Gasteiger partial charge in [0.15, 0.2) is 0 Å². The molecular weight excluding hydrogens is 435 g/mol. The number of aromatic nitrogens is 4. The Hall–Kier alpha value is -3.94. The summed E-state index contributed by atoms with van der Waals surface area (Å²) in [5, 5.41) is 18.3. The Bertz CT molecular complexity index is 1140. The van der Waals surface area contributed by atoms with Gasteiger partial charge in [-0.1, -0.05) is 19.1 Å². The van der Waals surface area contributed by atoms with Crippen molar-refractivity contribution < 1.29 is 18.0 Å². The molecule has 3 rings (SSSR count). The van der Waals surface area contributed by atoms with Crippen LogP contribution in [-0.4, -0.2) is 44.8 Å². The molecule has 33 heavy (non-hydrogen) atoms. The number of carbonyl (C=O) groups is 1. The first-order chi connectivity index (χ1) is 15.9. The predicted molar refractivity (Wildman–Crippen MR) is 116 cm³/mol. The maximum atomic E-state index is 12.9. The predicted octanol–water partition coefficient (Wildman–Crippen LogP) is 4.20. The molecule has 0 bridgehead atoms. The van der Waals surface area contributed by atoms with Gasteiger partial charge in [-0.25, -0.2) is 23.1 Å². The number of hydrogen-bond acceptors (Lipinski definition) is 6. The van der Waals surface area contributed by atoms with Gasteiger partial charge in [-0.3, -0.25) is 9.48 Å². The Morgan fingerprint density at radius 3 is 2.58 bits per heavy atom. The molecule has 0 saturated carbocycles. The molecular formula is C22H22F3N7O. The average molecular weight is 457 g/mol. The van der Waals surface area contributed by atoms with Crippen LogP contribution in [0.4, 0.5) is 24.8 Å². The van der Waals surface area contributed by atoms with E-state index in [9.17, 15) is 18.0 Å². The van der Waals surface area contributed by atoms with Crippen LogP contribution in [0.15, 0.2) is 42.9 Å². The van der Waals surface area contributed by atoms with Crippen LogP contribution in [0, 0.1) is 18.3 Å². The average Bonchev–Trinajstić information content (AvgIpc) is 3.26. The number of hydrogen-bond donors (Lipinski definition) is 2. The minimum atomic E-state index is -2.89. The van der Waals surface area contributed by atoms with E-state index in [0.717, 1.165) is 15.8 Å². The van der Waals surface area contributed by atoms with Crippen LogP contribution in [0.25, 0.3) is 11.3 Å². The van der Waals surface area contributed by atoms with E-state index in [1.54, 1.807) is 30.5 Å². The molecule has 0 fully saturated rings. The molecule has 0 radical (unpaired) electrons. The van der Waals surface area contributed by atoms with Gasteiger partial charge in [0, 0.05) is 23.5 Å². The fourth-order valence-electron chi connectivity index (χ4n) is 3.01. The van der Waals surface area contributed by atoms with Crippen LogP contribution in [-0.2, 0) is 0 Å². The zero-order chi connectivity index (χ0) is 24.0. The van der Waals surface area contributed by atoms with Crippen LogP contribution in [0.5, 0.6) is 0 Å². The molecule has 2 atom stereocenters. The number of nitrogens with zero attached hydrogens (tertiary/aromatic N) is 5. The largest absolute Gasteiger partial charge is 0.336 e. The van der Waals surface area contributed by atoms with Gasteiger partial charge in [0.25, 0.3) is 12.3 Å². The normalized spacial score (nSPS) is 12.8. The highest BCUT2D eigenvalue weighted by atomic mass is 19.3. The maximum Gasteiger partial charge on any atom is 0.263 e. The van der Waals surface area contributed by atoms with E-state index in [-0.39, 0.29) is 11.9 Å². The molecule has 8 nitrogen and oxygen atoms in total. The highest BCUT2D eigenvalue weighted by Gasteiger charge is 2.23. The lowest BCUT2D eigenvalue weighted by molar-refractivity contribution is 0.0624. The molecule has 0 aliphatic rings. The fraction of sp³-hybridized carbons (Fsp3) is 0.318. The number of alkyl halides is 3. The van der Waals surface area contributed by atoms with Gasteiger partial charge in [-0.15, -0.1) is 0 Å². The molecule has 2 aromatic heterocycles. The topological polar surface area (TPSA) is 109 Å². The van der Waals surface area contributed by atoms with Crippen molar-refractivity contribution in [2.75, 3.05) is 12.0 Å². The zero-order valence-electron chi connectivity index (χ0n) is 18.0. The van der Waals surface area contributed by atoms with Crippen molar-refractivity contribution in [2.24, 2.45) is 0 Å². The molecule has 1 aromatic carbocycles. The van der Waals surface area contributed by atoms with Crippen molar-refractivity contribution in [2.45, 2.75) is 38.8 Å². The molecule has 0 spiro atoms. The molecule has 1 unspecified atom stereocenters. The summed E-state index contributed by atoms with van der Waals surface area (Å²) in [5.41, 5.74) is 2.85. The number of aryl methyl sites for hydroxylation is 1. The van der Waals surface area contributed by atoms with Crippen molar-refractivity contribution >= 4 is 17.5 Å². The minimum absolute atomic E-state index is 0.200. The Morgan fingerprint density at radius 1 is 1.24 bits per heavy atom. The third-order valence-corrected chi connectivity index (χ3v) is 4.91. The second-order valence-electron chi connectivity index (χ2n) is 7.26. The summed E-state index contributed by atoms with van der Waals surface area (Å²) in [7, 11) is 0. The van der Waals surface area contributed by atoms with E-state index in [1.807, 2.05) is 19.9 Å². The lowest BCUT2D eigenvalue weighted by Crippen LogP contribution is -2.33. The first-order valence-electron chi connectivity index (χ1n) is 10.2. The maximum absolute atomic E-state index is 12.9.